The highest BCUT2D eigenvalue weighted by Crippen LogP contribution is 2.44. The average molecular weight is 412 g/mol. The van der Waals surface area contributed by atoms with Gasteiger partial charge in [-0.15, -0.1) is 0 Å². The topological polar surface area (TPSA) is 106 Å². The van der Waals surface area contributed by atoms with Crippen LogP contribution < -0.4 is 10.7 Å². The molecule has 1 fully saturated rings. The van der Waals surface area contributed by atoms with E-state index in [9.17, 15) is 19.5 Å². The molecule has 1 amide bonds. The predicted octanol–water partition coefficient (Wildman–Crippen LogP) is 2.51. The predicted molar refractivity (Wildman–Crippen MR) is 108 cm³/mol. The van der Waals surface area contributed by atoms with Crippen molar-refractivity contribution >= 4 is 23.6 Å². The van der Waals surface area contributed by atoms with E-state index in [1.54, 1.807) is 18.7 Å². The fourth-order valence-electron chi connectivity index (χ4n) is 3.59. The number of methoxy groups -OCH3 is 1. The second-order valence-corrected chi connectivity index (χ2v) is 8.97. The van der Waals surface area contributed by atoms with Crippen LogP contribution in [0.4, 0.5) is 0 Å². The second-order valence-electron chi connectivity index (χ2n) is 7.74. The average Bonchev–Trinajstić information content (AvgIpc) is 2.63. The molecule has 1 aliphatic rings. The zero-order valence-corrected chi connectivity index (χ0v) is 17.7. The molecule has 1 unspecified atom stereocenters. The number of aryl methyl sites for hydroxylation is 1. The maximum Gasteiger partial charge on any atom is 0.328 e. The summed E-state index contributed by atoms with van der Waals surface area (Å²) in [4.78, 5) is 37.0. The lowest BCUT2D eigenvalue weighted by Crippen LogP contribution is -2.45. The molecule has 0 aliphatic carbocycles. The molecular weight excluding hydrogens is 382 g/mol. The van der Waals surface area contributed by atoms with E-state index in [1.165, 1.54) is 13.2 Å². The van der Waals surface area contributed by atoms with Gasteiger partial charge in [0.2, 0.25) is 17.1 Å². The molecule has 7 nitrogen and oxygen atoms in total. The Bertz CT molecular complexity index is 766. The van der Waals surface area contributed by atoms with E-state index in [1.807, 2.05) is 13.8 Å². The van der Waals surface area contributed by atoms with Gasteiger partial charge in [0.05, 0.1) is 7.11 Å². The Hall–Kier alpha value is -1.96. The summed E-state index contributed by atoms with van der Waals surface area (Å²) in [6.07, 6.45) is 1.68. The largest absolute Gasteiger partial charge is 0.502 e. The molecule has 1 aliphatic heterocycles. The van der Waals surface area contributed by atoms with Gasteiger partial charge in [-0.1, -0.05) is 13.8 Å². The van der Waals surface area contributed by atoms with Gasteiger partial charge in [0.1, 0.15) is 11.8 Å². The fraction of sp³-hybridized carbons (Fsp3) is 0.650. The minimum atomic E-state index is -0.775. The van der Waals surface area contributed by atoms with Gasteiger partial charge in [0.25, 0.3) is 0 Å². The number of carbonyl (C=O) groups is 2. The van der Waals surface area contributed by atoms with Gasteiger partial charge in [0.15, 0.2) is 5.76 Å². The summed E-state index contributed by atoms with van der Waals surface area (Å²) in [6.45, 7) is 5.56. The molecule has 28 heavy (non-hydrogen) atoms. The standard InChI is InChI=1S/C20H29NO6S/c1-12(2)9-14(19(25)26-4)21-16(23)11-20(5-7-28-8-6-20)18-17(24)15(22)10-13(3)27-18/h10,12,14,24H,5-9,11H2,1-4H3,(H,21,23). The van der Waals surface area contributed by atoms with Crippen molar-refractivity contribution < 1.29 is 23.8 Å². The van der Waals surface area contributed by atoms with Crippen LogP contribution in [0.5, 0.6) is 5.75 Å². The number of esters is 1. The summed E-state index contributed by atoms with van der Waals surface area (Å²) in [5, 5.41) is 13.1. The van der Waals surface area contributed by atoms with Crippen molar-refractivity contribution in [3.8, 4) is 5.75 Å². The number of rotatable bonds is 7. The number of ether oxygens (including phenoxy) is 1. The molecule has 0 aromatic carbocycles. The highest BCUT2D eigenvalue weighted by atomic mass is 32.2. The van der Waals surface area contributed by atoms with Crippen molar-refractivity contribution in [3.05, 3.63) is 27.8 Å². The van der Waals surface area contributed by atoms with Gasteiger partial charge >= 0.3 is 5.97 Å². The zero-order chi connectivity index (χ0) is 20.9. The third-order valence-corrected chi connectivity index (χ3v) is 5.99. The van der Waals surface area contributed by atoms with Crippen LogP contribution in [0.15, 0.2) is 15.3 Å². The summed E-state index contributed by atoms with van der Waals surface area (Å²) >= 11 is 1.76. The highest BCUT2D eigenvalue weighted by molar-refractivity contribution is 7.99. The van der Waals surface area contributed by atoms with Crippen molar-refractivity contribution in [2.24, 2.45) is 5.92 Å². The Balaban J connectivity index is 2.30. The van der Waals surface area contributed by atoms with Crippen LogP contribution in [0.3, 0.4) is 0 Å². The van der Waals surface area contributed by atoms with Gasteiger partial charge in [0, 0.05) is 17.9 Å². The van der Waals surface area contributed by atoms with Crippen molar-refractivity contribution in [2.45, 2.75) is 57.9 Å². The molecule has 0 bridgehead atoms. The molecule has 0 radical (unpaired) electrons. The van der Waals surface area contributed by atoms with Crippen LogP contribution in [0.25, 0.3) is 0 Å². The number of thioether (sulfide) groups is 1. The number of hydrogen-bond donors (Lipinski definition) is 2. The molecule has 2 N–H and O–H groups in total. The van der Waals surface area contributed by atoms with Crippen molar-refractivity contribution in [2.75, 3.05) is 18.6 Å². The van der Waals surface area contributed by atoms with E-state index in [0.29, 0.717) is 25.0 Å². The van der Waals surface area contributed by atoms with Crippen molar-refractivity contribution in [1.29, 1.82) is 0 Å². The van der Waals surface area contributed by atoms with E-state index in [-0.39, 0.29) is 24.0 Å². The molecule has 156 valence electrons. The van der Waals surface area contributed by atoms with Crippen LogP contribution in [0, 0.1) is 12.8 Å². The van der Waals surface area contributed by atoms with Crippen LogP contribution in [-0.2, 0) is 19.7 Å². The quantitative estimate of drug-likeness (QED) is 0.664. The molecule has 2 rings (SSSR count). The number of aromatic hydroxyl groups is 1. The fourth-order valence-corrected chi connectivity index (χ4v) is 4.86. The Morgan fingerprint density at radius 1 is 1.36 bits per heavy atom. The van der Waals surface area contributed by atoms with Crippen molar-refractivity contribution in [3.63, 3.8) is 0 Å². The lowest BCUT2D eigenvalue weighted by molar-refractivity contribution is -0.145. The monoisotopic (exact) mass is 411 g/mol. The first-order valence-corrected chi connectivity index (χ1v) is 10.6. The smallest absolute Gasteiger partial charge is 0.328 e. The second kappa shape index (κ2) is 9.49. The maximum atomic E-state index is 12.9. The van der Waals surface area contributed by atoms with Gasteiger partial charge in [-0.3, -0.25) is 9.59 Å². The third kappa shape index (κ3) is 5.31. The summed E-state index contributed by atoms with van der Waals surface area (Å²) in [6, 6.07) is 0.505. The van der Waals surface area contributed by atoms with Crippen LogP contribution in [0.1, 0.15) is 51.1 Å². The third-order valence-electron chi connectivity index (χ3n) is 5.00. The number of nitrogens with one attached hydrogen (secondary N) is 1. The molecule has 0 spiro atoms. The first-order valence-electron chi connectivity index (χ1n) is 9.47. The minimum Gasteiger partial charge on any atom is -0.502 e. The van der Waals surface area contributed by atoms with Gasteiger partial charge in [-0.2, -0.15) is 11.8 Å². The Morgan fingerprint density at radius 2 is 2.00 bits per heavy atom. The lowest BCUT2D eigenvalue weighted by atomic mass is 9.75. The van der Waals surface area contributed by atoms with Gasteiger partial charge in [-0.05, 0) is 43.6 Å². The summed E-state index contributed by atoms with van der Waals surface area (Å²) in [7, 11) is 1.29. The highest BCUT2D eigenvalue weighted by Gasteiger charge is 2.42. The SMILES string of the molecule is COC(=O)C(CC(C)C)NC(=O)CC1(c2oc(C)cc(=O)c2O)CCSCC1. The molecular formula is C20H29NO6S. The van der Waals surface area contributed by atoms with E-state index < -0.39 is 28.6 Å². The van der Waals surface area contributed by atoms with Crippen LogP contribution in [-0.4, -0.2) is 41.6 Å². The van der Waals surface area contributed by atoms with E-state index >= 15 is 0 Å². The lowest BCUT2D eigenvalue weighted by Gasteiger charge is -2.36. The van der Waals surface area contributed by atoms with Gasteiger partial charge in [-0.25, -0.2) is 4.79 Å². The number of hydrogen-bond acceptors (Lipinski definition) is 7. The minimum absolute atomic E-state index is 0.0269. The van der Waals surface area contributed by atoms with E-state index in [0.717, 1.165) is 11.5 Å². The van der Waals surface area contributed by atoms with Crippen LogP contribution in [0.2, 0.25) is 0 Å². The maximum absolute atomic E-state index is 12.9. The molecule has 1 saturated heterocycles. The molecule has 2 heterocycles. The number of amides is 1. The Kier molecular flexibility index (Phi) is 7.57. The summed E-state index contributed by atoms with van der Waals surface area (Å²) < 4.78 is 10.5. The first kappa shape index (κ1) is 22.3. The first-order chi connectivity index (χ1) is 13.2. The summed E-state index contributed by atoms with van der Waals surface area (Å²) in [5.74, 6) is 1.09. The molecule has 1 atom stereocenters. The normalized spacial score (nSPS) is 17.2. The Labute approximate surface area is 169 Å². The Morgan fingerprint density at radius 3 is 2.57 bits per heavy atom. The number of carbonyl (C=O) groups excluding carboxylic acids is 2. The van der Waals surface area contributed by atoms with E-state index in [2.05, 4.69) is 5.32 Å². The van der Waals surface area contributed by atoms with Crippen molar-refractivity contribution in [1.82, 2.24) is 5.32 Å². The van der Waals surface area contributed by atoms with E-state index in [4.69, 9.17) is 9.15 Å². The molecule has 1 aromatic rings. The van der Waals surface area contributed by atoms with Crippen LogP contribution >= 0.6 is 11.8 Å². The molecule has 1 aromatic heterocycles. The van der Waals surface area contributed by atoms with Gasteiger partial charge < -0.3 is 19.6 Å². The molecule has 0 saturated carbocycles. The zero-order valence-electron chi connectivity index (χ0n) is 16.9. The summed E-state index contributed by atoms with van der Waals surface area (Å²) in [5.41, 5.74) is -1.28. The molecule has 8 heteroatoms.